The molecule has 3 saturated heterocycles. The average molecular weight is 545 g/mol. The Hall–Kier alpha value is -1.13. The van der Waals surface area contributed by atoms with Gasteiger partial charge in [0.15, 0.2) is 18.9 Å². The predicted octanol–water partition coefficient (Wildman–Crippen LogP) is -7.43. The molecule has 37 heavy (non-hydrogen) atoms. The van der Waals surface area contributed by atoms with Gasteiger partial charge in [-0.15, -0.1) is 0 Å². The van der Waals surface area contributed by atoms with Crippen LogP contribution in [0.25, 0.3) is 0 Å². The first kappa shape index (κ1) is 30.4. The van der Waals surface area contributed by atoms with E-state index in [2.05, 4.69) is 5.32 Å². The fourth-order valence-electron chi connectivity index (χ4n) is 4.35. The van der Waals surface area contributed by atoms with E-state index in [1.54, 1.807) is 0 Å². The molecule has 216 valence electrons. The van der Waals surface area contributed by atoms with Crippen molar-refractivity contribution in [3.05, 3.63) is 0 Å². The van der Waals surface area contributed by atoms with Crippen molar-refractivity contribution in [1.29, 1.82) is 0 Å². The van der Waals surface area contributed by atoms with E-state index in [0.29, 0.717) is 0 Å². The highest BCUT2D eigenvalue weighted by Crippen LogP contribution is 2.30. The SMILES string of the molecule is CC(=O)N[C@@H]1[C@@H](O[C@@H]2O[C@H](CO[C@H]3O[C@H](CO)[C@H](O)[C@H](O)[C@H]3O)[C@@H](O)[C@H](O)[C@H]2O)[C@@H](O)[C@@H](CO)O[C@H]1O. The number of aliphatic hydroxyl groups excluding tert-OH is 10. The molecule has 11 N–H and O–H groups in total. The van der Waals surface area contributed by atoms with Gasteiger partial charge in [0.05, 0.1) is 19.8 Å². The Morgan fingerprint density at radius 2 is 1.22 bits per heavy atom. The highest BCUT2D eigenvalue weighted by Gasteiger charge is 2.51. The number of rotatable bonds is 8. The Kier molecular flexibility index (Phi) is 10.5. The van der Waals surface area contributed by atoms with E-state index in [-0.39, 0.29) is 0 Å². The van der Waals surface area contributed by atoms with Gasteiger partial charge < -0.3 is 80.1 Å². The zero-order valence-corrected chi connectivity index (χ0v) is 19.7. The lowest BCUT2D eigenvalue weighted by molar-refractivity contribution is -0.352. The summed E-state index contributed by atoms with van der Waals surface area (Å²) in [4.78, 5) is 11.6. The van der Waals surface area contributed by atoms with E-state index < -0.39 is 118 Å². The van der Waals surface area contributed by atoms with Crippen molar-refractivity contribution >= 4 is 5.91 Å². The molecule has 3 heterocycles. The quantitative estimate of drug-likeness (QED) is 0.135. The lowest BCUT2D eigenvalue weighted by atomic mass is 9.95. The van der Waals surface area contributed by atoms with Crippen LogP contribution in [-0.2, 0) is 28.5 Å². The summed E-state index contributed by atoms with van der Waals surface area (Å²) in [5.41, 5.74) is 0. The lowest BCUT2D eigenvalue weighted by Gasteiger charge is -2.47. The van der Waals surface area contributed by atoms with Crippen LogP contribution in [0.5, 0.6) is 0 Å². The molecule has 0 spiro atoms. The molecule has 0 radical (unpaired) electrons. The molecule has 3 rings (SSSR count). The van der Waals surface area contributed by atoms with E-state index in [1.807, 2.05) is 0 Å². The third-order valence-corrected chi connectivity index (χ3v) is 6.48. The van der Waals surface area contributed by atoms with Crippen molar-refractivity contribution in [1.82, 2.24) is 5.32 Å². The van der Waals surface area contributed by atoms with Crippen LogP contribution in [0.2, 0.25) is 0 Å². The minimum absolute atomic E-state index is 0.624. The Balaban J connectivity index is 1.72. The summed E-state index contributed by atoms with van der Waals surface area (Å²) in [6.45, 7) is -0.957. The van der Waals surface area contributed by atoms with Gasteiger partial charge in [-0.25, -0.2) is 0 Å². The number of hydrogen-bond acceptors (Lipinski definition) is 16. The van der Waals surface area contributed by atoms with E-state index >= 15 is 0 Å². The van der Waals surface area contributed by atoms with Crippen molar-refractivity contribution in [2.24, 2.45) is 0 Å². The normalized spacial score (nSPS) is 49.0. The number of amides is 1. The monoisotopic (exact) mass is 545 g/mol. The van der Waals surface area contributed by atoms with Gasteiger partial charge in [-0.3, -0.25) is 4.79 Å². The maximum absolute atomic E-state index is 11.6. The molecule has 3 aliphatic rings. The van der Waals surface area contributed by atoms with Gasteiger partial charge >= 0.3 is 0 Å². The van der Waals surface area contributed by atoms with Crippen LogP contribution in [0, 0.1) is 0 Å². The Morgan fingerprint density at radius 3 is 1.78 bits per heavy atom. The van der Waals surface area contributed by atoms with Crippen LogP contribution < -0.4 is 5.32 Å². The first-order valence-corrected chi connectivity index (χ1v) is 11.6. The zero-order valence-electron chi connectivity index (χ0n) is 19.7. The molecule has 0 saturated carbocycles. The highest BCUT2D eigenvalue weighted by molar-refractivity contribution is 5.73. The van der Waals surface area contributed by atoms with E-state index in [9.17, 15) is 55.9 Å². The number of aliphatic hydroxyl groups is 10. The second-order valence-corrected chi connectivity index (χ2v) is 9.11. The largest absolute Gasteiger partial charge is 0.394 e. The molecule has 15 atom stereocenters. The second-order valence-electron chi connectivity index (χ2n) is 9.11. The minimum atomic E-state index is -1.89. The molecular formula is C20H35NO16. The second kappa shape index (κ2) is 12.8. The fourth-order valence-corrected chi connectivity index (χ4v) is 4.35. The van der Waals surface area contributed by atoms with Gasteiger partial charge in [0.2, 0.25) is 5.91 Å². The molecule has 17 nitrogen and oxygen atoms in total. The molecule has 3 aliphatic heterocycles. The summed E-state index contributed by atoms with van der Waals surface area (Å²) in [6.07, 6.45) is -23.0. The van der Waals surface area contributed by atoms with Crippen molar-refractivity contribution in [2.45, 2.75) is 99.0 Å². The van der Waals surface area contributed by atoms with Crippen molar-refractivity contribution < 1.29 is 79.5 Å². The standard InChI is InChI=1S/C20H35NO16/c1-5(24)21-9-17(12(27)7(3-23)34-18(9)32)37-20-16(31)14(29)11(26)8(36-20)4-33-19-15(30)13(28)10(25)6(2-22)35-19/h6-20,22-23,25-32H,2-4H2,1H3,(H,21,24)/t6-,7-,8-,9-,10+,11-,12+,13+,14+,15-,16-,17-,18-,19+,20+/m1/s1. The summed E-state index contributed by atoms with van der Waals surface area (Å²) in [5, 5.41) is 103. The van der Waals surface area contributed by atoms with Crippen LogP contribution in [-0.4, -0.2) is 169 Å². The maximum atomic E-state index is 11.6. The summed E-state index contributed by atoms with van der Waals surface area (Å²) in [5.74, 6) is -0.637. The number of nitrogens with one attached hydrogen (secondary N) is 1. The van der Waals surface area contributed by atoms with Crippen LogP contribution in [0.3, 0.4) is 0 Å². The van der Waals surface area contributed by atoms with Crippen LogP contribution in [0.1, 0.15) is 6.92 Å². The smallest absolute Gasteiger partial charge is 0.217 e. The molecule has 17 heteroatoms. The molecule has 1 amide bonds. The number of hydrogen-bond donors (Lipinski definition) is 11. The zero-order chi connectivity index (χ0) is 27.6. The molecule has 3 fully saturated rings. The van der Waals surface area contributed by atoms with Crippen molar-refractivity contribution in [3.8, 4) is 0 Å². The van der Waals surface area contributed by atoms with Gasteiger partial charge in [0.25, 0.3) is 0 Å². The predicted molar refractivity (Wildman–Crippen MR) is 113 cm³/mol. The molecule has 0 bridgehead atoms. The summed E-state index contributed by atoms with van der Waals surface area (Å²) in [7, 11) is 0. The van der Waals surface area contributed by atoms with Gasteiger partial charge in [0, 0.05) is 6.92 Å². The molecule has 0 unspecified atom stereocenters. The molecule has 0 aromatic rings. The highest BCUT2D eigenvalue weighted by atomic mass is 16.7. The molecular weight excluding hydrogens is 510 g/mol. The summed E-state index contributed by atoms with van der Waals surface area (Å²) in [6, 6.07) is -1.39. The number of ether oxygens (including phenoxy) is 5. The Morgan fingerprint density at radius 1 is 0.703 bits per heavy atom. The Bertz CT molecular complexity index is 745. The van der Waals surface area contributed by atoms with Crippen molar-refractivity contribution in [3.63, 3.8) is 0 Å². The van der Waals surface area contributed by atoms with E-state index in [0.717, 1.165) is 6.92 Å². The van der Waals surface area contributed by atoms with Crippen LogP contribution >= 0.6 is 0 Å². The Labute approximate surface area is 210 Å². The van der Waals surface area contributed by atoms with Crippen LogP contribution in [0.15, 0.2) is 0 Å². The third kappa shape index (κ3) is 6.55. The first-order chi connectivity index (χ1) is 17.4. The number of carbonyl (C=O) groups excluding carboxylic acids is 1. The van der Waals surface area contributed by atoms with Gasteiger partial charge in [-0.1, -0.05) is 0 Å². The van der Waals surface area contributed by atoms with Crippen molar-refractivity contribution in [2.75, 3.05) is 19.8 Å². The third-order valence-electron chi connectivity index (χ3n) is 6.48. The number of carbonyl (C=O) groups is 1. The maximum Gasteiger partial charge on any atom is 0.217 e. The molecule has 0 aromatic carbocycles. The van der Waals surface area contributed by atoms with E-state index in [1.165, 1.54) is 0 Å². The summed E-state index contributed by atoms with van der Waals surface area (Å²) >= 11 is 0. The van der Waals surface area contributed by atoms with Crippen LogP contribution in [0.4, 0.5) is 0 Å². The van der Waals surface area contributed by atoms with Gasteiger partial charge in [0.1, 0.15) is 73.2 Å². The topological polar surface area (TPSA) is 278 Å². The molecule has 0 aromatic heterocycles. The van der Waals surface area contributed by atoms with E-state index in [4.69, 9.17) is 23.7 Å². The fraction of sp³-hybridized carbons (Fsp3) is 0.950. The van der Waals surface area contributed by atoms with Gasteiger partial charge in [-0.2, -0.15) is 0 Å². The lowest BCUT2D eigenvalue weighted by Crippen LogP contribution is -2.67. The average Bonchev–Trinajstić information content (AvgIpc) is 2.86. The molecule has 0 aliphatic carbocycles. The first-order valence-electron chi connectivity index (χ1n) is 11.6. The van der Waals surface area contributed by atoms with Gasteiger partial charge in [-0.05, 0) is 0 Å². The minimum Gasteiger partial charge on any atom is -0.394 e. The summed E-state index contributed by atoms with van der Waals surface area (Å²) < 4.78 is 26.7.